The fourth-order valence-corrected chi connectivity index (χ4v) is 3.50. The number of carbonyl (C=O) groups excluding carboxylic acids is 3. The second-order valence-electron chi connectivity index (χ2n) is 6.48. The van der Waals surface area contributed by atoms with Crippen LogP contribution in [0.5, 0.6) is 0 Å². The van der Waals surface area contributed by atoms with Crippen LogP contribution in [-0.4, -0.2) is 31.1 Å². The first-order valence-corrected chi connectivity index (χ1v) is 8.34. The average Bonchev–Trinajstić information content (AvgIpc) is 2.85. The number of rotatable bonds is 3. The monoisotopic (exact) mass is 372 g/mol. The van der Waals surface area contributed by atoms with Gasteiger partial charge in [0.05, 0.1) is 13.2 Å². The highest BCUT2D eigenvalue weighted by Gasteiger charge is 2.62. The van der Waals surface area contributed by atoms with Crippen LogP contribution in [0.2, 0.25) is 0 Å². The summed E-state index contributed by atoms with van der Waals surface area (Å²) in [7, 11) is 1.17. The van der Waals surface area contributed by atoms with Crippen LogP contribution in [0.15, 0.2) is 47.0 Å². The molecule has 3 rings (SSSR count). The summed E-state index contributed by atoms with van der Waals surface area (Å²) in [6.45, 7) is 4.83. The largest absolute Gasteiger partial charge is 0.466 e. The van der Waals surface area contributed by atoms with Crippen molar-refractivity contribution in [1.29, 1.82) is 0 Å². The number of fused-ring (bicyclic) bond motifs is 2. The van der Waals surface area contributed by atoms with E-state index in [0.29, 0.717) is 11.3 Å². The van der Waals surface area contributed by atoms with Crippen molar-refractivity contribution in [3.63, 3.8) is 0 Å². The fourth-order valence-electron chi connectivity index (χ4n) is 3.50. The van der Waals surface area contributed by atoms with Crippen LogP contribution < -0.4 is 11.1 Å². The summed E-state index contributed by atoms with van der Waals surface area (Å²) in [6.07, 6.45) is -0.439. The molecule has 27 heavy (non-hydrogen) atoms. The number of anilines is 1. The Kier molecular flexibility index (Phi) is 4.43. The summed E-state index contributed by atoms with van der Waals surface area (Å²) in [5, 5.41) is 2.89. The van der Waals surface area contributed by atoms with Crippen LogP contribution in [0.3, 0.4) is 0 Å². The van der Waals surface area contributed by atoms with Crippen molar-refractivity contribution in [2.75, 3.05) is 12.4 Å². The van der Waals surface area contributed by atoms with Crippen molar-refractivity contribution < 1.29 is 28.6 Å². The van der Waals surface area contributed by atoms with E-state index < -0.39 is 29.4 Å². The van der Waals surface area contributed by atoms with Gasteiger partial charge in [-0.25, -0.2) is 14.4 Å². The molecule has 0 radical (unpaired) electrons. The first-order valence-electron chi connectivity index (χ1n) is 8.34. The topological polar surface area (TPSA) is 117 Å². The molecule has 0 saturated heterocycles. The number of para-hydroxylation sites is 1. The van der Waals surface area contributed by atoms with Gasteiger partial charge in [-0.1, -0.05) is 18.2 Å². The summed E-state index contributed by atoms with van der Waals surface area (Å²) < 4.78 is 15.5. The zero-order valence-corrected chi connectivity index (χ0v) is 15.4. The maximum absolute atomic E-state index is 13.1. The number of carbonyl (C=O) groups is 3. The molecule has 1 spiro atoms. The normalized spacial score (nSPS) is 21.1. The van der Waals surface area contributed by atoms with Crippen LogP contribution in [0.1, 0.15) is 26.3 Å². The van der Waals surface area contributed by atoms with Crippen LogP contribution in [0.25, 0.3) is 0 Å². The van der Waals surface area contributed by atoms with E-state index in [0.717, 1.165) is 0 Å². The minimum atomic E-state index is -1.87. The van der Waals surface area contributed by atoms with E-state index in [4.69, 9.17) is 19.9 Å². The number of hydrogen-bond acceptors (Lipinski definition) is 8. The van der Waals surface area contributed by atoms with Crippen molar-refractivity contribution in [3.05, 3.63) is 52.6 Å². The van der Waals surface area contributed by atoms with Gasteiger partial charge in [0, 0.05) is 11.3 Å². The molecule has 0 amide bonds. The molecule has 142 valence electrons. The summed E-state index contributed by atoms with van der Waals surface area (Å²) in [5.41, 5.74) is 4.76. The molecule has 0 unspecified atom stereocenters. The molecule has 0 aliphatic carbocycles. The molecule has 3 N–H and O–H groups in total. The second kappa shape index (κ2) is 6.46. The molecule has 2 aliphatic rings. The Hall–Kier alpha value is -3.29. The number of allylic oxidation sites excluding steroid dienone is 1. The summed E-state index contributed by atoms with van der Waals surface area (Å²) in [5.74, 6) is -2.47. The number of nitrogens with one attached hydrogen (secondary N) is 1. The first kappa shape index (κ1) is 18.5. The molecular formula is C19H20N2O6. The van der Waals surface area contributed by atoms with Gasteiger partial charge in [0.15, 0.2) is 5.41 Å². The number of hydrogen-bond donors (Lipinski definition) is 2. The third-order valence-electron chi connectivity index (χ3n) is 4.46. The Balaban J connectivity index is 2.38. The highest BCUT2D eigenvalue weighted by Crippen LogP contribution is 2.52. The fraction of sp³-hybridized carbons (Fsp3) is 0.316. The lowest BCUT2D eigenvalue weighted by Crippen LogP contribution is -2.47. The Labute approximate surface area is 155 Å². The Morgan fingerprint density at radius 3 is 2.48 bits per heavy atom. The summed E-state index contributed by atoms with van der Waals surface area (Å²) in [6, 6.07) is 6.73. The lowest BCUT2D eigenvalue weighted by Gasteiger charge is -2.35. The van der Waals surface area contributed by atoms with E-state index in [9.17, 15) is 14.4 Å². The first-order chi connectivity index (χ1) is 12.7. The smallest absolute Gasteiger partial charge is 0.339 e. The van der Waals surface area contributed by atoms with E-state index in [1.165, 1.54) is 14.0 Å². The Bertz CT molecular complexity index is 915. The number of esters is 3. The lowest BCUT2D eigenvalue weighted by atomic mass is 9.67. The molecule has 0 fully saturated rings. The molecular weight excluding hydrogens is 352 g/mol. The predicted molar refractivity (Wildman–Crippen MR) is 95.0 cm³/mol. The van der Waals surface area contributed by atoms with Gasteiger partial charge in [0.1, 0.15) is 22.7 Å². The molecule has 2 aliphatic heterocycles. The van der Waals surface area contributed by atoms with Gasteiger partial charge in [0.2, 0.25) is 0 Å². The molecule has 1 atom stereocenters. The van der Waals surface area contributed by atoms with Crippen molar-refractivity contribution in [1.82, 2.24) is 0 Å². The number of methoxy groups -OCH3 is 1. The van der Waals surface area contributed by atoms with Gasteiger partial charge in [-0.15, -0.1) is 0 Å². The minimum Gasteiger partial charge on any atom is -0.466 e. The van der Waals surface area contributed by atoms with E-state index in [2.05, 4.69) is 5.32 Å². The Morgan fingerprint density at radius 2 is 1.85 bits per heavy atom. The third-order valence-corrected chi connectivity index (χ3v) is 4.46. The van der Waals surface area contributed by atoms with Gasteiger partial charge >= 0.3 is 17.9 Å². The molecule has 1 aromatic carbocycles. The van der Waals surface area contributed by atoms with Crippen molar-refractivity contribution in [2.45, 2.75) is 32.3 Å². The predicted octanol–water partition coefficient (Wildman–Crippen LogP) is 1.48. The molecule has 0 saturated carbocycles. The van der Waals surface area contributed by atoms with Gasteiger partial charge < -0.3 is 25.3 Å². The minimum absolute atomic E-state index is 0.0524. The van der Waals surface area contributed by atoms with Crippen molar-refractivity contribution >= 4 is 23.6 Å². The molecule has 8 nitrogen and oxygen atoms in total. The molecule has 0 aromatic heterocycles. The third kappa shape index (κ3) is 2.56. The lowest BCUT2D eigenvalue weighted by molar-refractivity contribution is -0.147. The number of benzene rings is 1. The molecule has 8 heteroatoms. The standard InChI is InChI=1S/C19H20N2O6/c1-9(2)26-17(23)13-10(3)27-18(24)19(13)11-7-5-6-8-12(11)21-15(20)14(19)16(22)25-4/h5-9,21H,20H2,1-4H3/t19-/m0/s1. The second-order valence-corrected chi connectivity index (χ2v) is 6.48. The van der Waals surface area contributed by atoms with Gasteiger partial charge in [-0.2, -0.15) is 0 Å². The zero-order chi connectivity index (χ0) is 19.9. The van der Waals surface area contributed by atoms with Gasteiger partial charge in [0.25, 0.3) is 0 Å². The number of cyclic esters (lactones) is 1. The van der Waals surface area contributed by atoms with Crippen LogP contribution in [-0.2, 0) is 34.0 Å². The van der Waals surface area contributed by atoms with E-state index >= 15 is 0 Å². The van der Waals surface area contributed by atoms with E-state index in [1.54, 1.807) is 38.1 Å². The summed E-state index contributed by atoms with van der Waals surface area (Å²) in [4.78, 5) is 38.6. The maximum atomic E-state index is 13.1. The molecule has 2 heterocycles. The SMILES string of the molecule is COC(=O)C1=C(N)Nc2ccccc2[C@@]12C(=O)OC(C)=C2C(=O)OC(C)C. The number of ether oxygens (including phenoxy) is 3. The van der Waals surface area contributed by atoms with Crippen LogP contribution in [0.4, 0.5) is 5.69 Å². The van der Waals surface area contributed by atoms with Crippen LogP contribution >= 0.6 is 0 Å². The maximum Gasteiger partial charge on any atom is 0.339 e. The van der Waals surface area contributed by atoms with E-state index in [-0.39, 0.29) is 22.7 Å². The molecule has 1 aromatic rings. The highest BCUT2D eigenvalue weighted by molar-refractivity contribution is 6.15. The number of nitrogens with two attached hydrogens (primary N) is 1. The van der Waals surface area contributed by atoms with Crippen LogP contribution in [0, 0.1) is 0 Å². The quantitative estimate of drug-likeness (QED) is 0.605. The van der Waals surface area contributed by atoms with Gasteiger partial charge in [-0.05, 0) is 26.8 Å². The van der Waals surface area contributed by atoms with E-state index in [1.807, 2.05) is 0 Å². The highest BCUT2D eigenvalue weighted by atomic mass is 16.6. The average molecular weight is 372 g/mol. The van der Waals surface area contributed by atoms with Crippen molar-refractivity contribution in [3.8, 4) is 0 Å². The Morgan fingerprint density at radius 1 is 1.19 bits per heavy atom. The summed E-state index contributed by atoms with van der Waals surface area (Å²) >= 11 is 0. The van der Waals surface area contributed by atoms with Gasteiger partial charge in [-0.3, -0.25) is 0 Å². The molecule has 0 bridgehead atoms. The zero-order valence-electron chi connectivity index (χ0n) is 15.4. The van der Waals surface area contributed by atoms with Crippen molar-refractivity contribution in [2.24, 2.45) is 5.73 Å².